The summed E-state index contributed by atoms with van der Waals surface area (Å²) >= 11 is 0. The van der Waals surface area contributed by atoms with Gasteiger partial charge in [0.25, 0.3) is 5.78 Å². The van der Waals surface area contributed by atoms with Gasteiger partial charge in [-0.15, -0.1) is 0 Å². The molecule has 2 aromatic heterocycles. The van der Waals surface area contributed by atoms with E-state index < -0.39 is 11.9 Å². The van der Waals surface area contributed by atoms with Crippen LogP contribution in [0.1, 0.15) is 11.6 Å². The van der Waals surface area contributed by atoms with E-state index in [0.717, 1.165) is 0 Å². The Balaban J connectivity index is 2.55. The molecule has 0 bridgehead atoms. The van der Waals surface area contributed by atoms with Crippen LogP contribution in [0.2, 0.25) is 0 Å². The Kier molecular flexibility index (Phi) is 2.30. The summed E-state index contributed by atoms with van der Waals surface area (Å²) in [6.07, 6.45) is 4.39. The van der Waals surface area contributed by atoms with Crippen molar-refractivity contribution in [2.45, 2.75) is 5.92 Å². The first-order valence-corrected chi connectivity index (χ1v) is 4.31. The van der Waals surface area contributed by atoms with Gasteiger partial charge in [-0.1, -0.05) is 0 Å². The maximum Gasteiger partial charge on any atom is 0.313 e. The summed E-state index contributed by atoms with van der Waals surface area (Å²) in [6.45, 7) is -0.000297. The number of aromatic nitrogens is 4. The fraction of sp³-hybridized carbons (Fsp3) is 0.250. The number of nitrogens with two attached hydrogens (primary N) is 1. The lowest BCUT2D eigenvalue weighted by Gasteiger charge is -2.07. The van der Waals surface area contributed by atoms with E-state index in [4.69, 9.17) is 10.8 Å². The van der Waals surface area contributed by atoms with E-state index in [1.54, 1.807) is 0 Å². The van der Waals surface area contributed by atoms with Gasteiger partial charge < -0.3 is 10.8 Å². The zero-order valence-corrected chi connectivity index (χ0v) is 7.74. The van der Waals surface area contributed by atoms with Crippen LogP contribution < -0.4 is 5.73 Å². The molecule has 1 unspecified atom stereocenters. The fourth-order valence-electron chi connectivity index (χ4n) is 1.34. The van der Waals surface area contributed by atoms with E-state index in [2.05, 4.69) is 15.1 Å². The molecule has 3 N–H and O–H groups in total. The first-order valence-electron chi connectivity index (χ1n) is 4.31. The van der Waals surface area contributed by atoms with Gasteiger partial charge in [-0.3, -0.25) is 4.79 Å². The first kappa shape index (κ1) is 9.53. The molecule has 0 saturated carbocycles. The average Bonchev–Trinajstić information content (AvgIpc) is 2.63. The zero-order chi connectivity index (χ0) is 10.8. The van der Waals surface area contributed by atoms with Gasteiger partial charge in [0.1, 0.15) is 5.92 Å². The van der Waals surface area contributed by atoms with Crippen molar-refractivity contribution in [3.63, 3.8) is 0 Å². The lowest BCUT2D eigenvalue weighted by atomic mass is 10.1. The quantitative estimate of drug-likeness (QED) is 0.685. The van der Waals surface area contributed by atoms with Gasteiger partial charge in [-0.05, 0) is 0 Å². The Morgan fingerprint density at radius 2 is 2.33 bits per heavy atom. The molecule has 0 amide bonds. The maximum atomic E-state index is 10.9. The Hall–Kier alpha value is -2.02. The molecule has 0 aliphatic heterocycles. The third-order valence-corrected chi connectivity index (χ3v) is 2.08. The van der Waals surface area contributed by atoms with E-state index >= 15 is 0 Å². The van der Waals surface area contributed by atoms with Gasteiger partial charge in [0.15, 0.2) is 0 Å². The molecule has 2 aromatic rings. The Labute approximate surface area is 84.6 Å². The molecule has 0 saturated heterocycles. The summed E-state index contributed by atoms with van der Waals surface area (Å²) in [6, 6.07) is 0. The number of hydrogen-bond acceptors (Lipinski definition) is 5. The second-order valence-corrected chi connectivity index (χ2v) is 2.96. The van der Waals surface area contributed by atoms with Crippen molar-refractivity contribution in [2.24, 2.45) is 5.73 Å². The minimum Gasteiger partial charge on any atom is -0.481 e. The molecule has 78 valence electrons. The van der Waals surface area contributed by atoms with Crippen LogP contribution in [-0.4, -0.2) is 37.2 Å². The van der Waals surface area contributed by atoms with Gasteiger partial charge in [-0.25, -0.2) is 14.5 Å². The van der Waals surface area contributed by atoms with Crippen molar-refractivity contribution in [2.75, 3.05) is 6.54 Å². The van der Waals surface area contributed by atoms with Gasteiger partial charge in [0, 0.05) is 6.54 Å². The number of imidazole rings is 1. The molecule has 0 aromatic carbocycles. The lowest BCUT2D eigenvalue weighted by molar-refractivity contribution is -0.138. The fourth-order valence-corrected chi connectivity index (χ4v) is 1.34. The van der Waals surface area contributed by atoms with Crippen LogP contribution in [0.4, 0.5) is 0 Å². The summed E-state index contributed by atoms with van der Waals surface area (Å²) in [5, 5.41) is 12.9. The molecule has 1 atom stereocenters. The molecule has 15 heavy (non-hydrogen) atoms. The van der Waals surface area contributed by atoms with Crippen molar-refractivity contribution in [3.8, 4) is 0 Å². The molecule has 7 heteroatoms. The highest BCUT2D eigenvalue weighted by Crippen LogP contribution is 2.14. The number of carbonyl (C=O) groups is 1. The van der Waals surface area contributed by atoms with E-state index in [1.165, 1.54) is 23.1 Å². The zero-order valence-electron chi connectivity index (χ0n) is 7.74. The molecular formula is C8H9N5O2. The number of nitrogens with zero attached hydrogens (tertiary/aromatic N) is 4. The van der Waals surface area contributed by atoms with Crippen LogP contribution in [0.5, 0.6) is 0 Å². The molecule has 0 fully saturated rings. The number of carboxylic acids is 1. The minimum atomic E-state index is -0.995. The van der Waals surface area contributed by atoms with Gasteiger partial charge in [0.2, 0.25) is 0 Å². The normalized spacial score (nSPS) is 12.9. The summed E-state index contributed by atoms with van der Waals surface area (Å²) in [7, 11) is 0. The molecule has 0 aliphatic rings. The van der Waals surface area contributed by atoms with Gasteiger partial charge >= 0.3 is 5.97 Å². The Morgan fingerprint density at radius 1 is 1.53 bits per heavy atom. The largest absolute Gasteiger partial charge is 0.481 e. The van der Waals surface area contributed by atoms with Crippen LogP contribution in [0.3, 0.4) is 0 Å². The highest BCUT2D eigenvalue weighted by molar-refractivity contribution is 5.75. The van der Waals surface area contributed by atoms with Crippen LogP contribution in [0.15, 0.2) is 18.6 Å². The summed E-state index contributed by atoms with van der Waals surface area (Å²) in [5.41, 5.74) is 5.82. The minimum absolute atomic E-state index is 0.000297. The van der Waals surface area contributed by atoms with Crippen molar-refractivity contribution >= 4 is 11.7 Å². The molecule has 0 spiro atoms. The van der Waals surface area contributed by atoms with Crippen molar-refractivity contribution in [1.82, 2.24) is 19.6 Å². The monoisotopic (exact) mass is 207 g/mol. The summed E-state index contributed by atoms with van der Waals surface area (Å²) in [4.78, 5) is 18.8. The van der Waals surface area contributed by atoms with E-state index in [-0.39, 0.29) is 6.54 Å². The Bertz CT molecular complexity index is 494. The molecule has 0 aliphatic carbocycles. The predicted molar refractivity (Wildman–Crippen MR) is 50.2 cm³/mol. The Morgan fingerprint density at radius 3 is 3.00 bits per heavy atom. The van der Waals surface area contributed by atoms with E-state index in [1.807, 2.05) is 0 Å². The van der Waals surface area contributed by atoms with Crippen LogP contribution in [0, 0.1) is 0 Å². The number of hydrogen-bond donors (Lipinski definition) is 2. The van der Waals surface area contributed by atoms with Crippen molar-refractivity contribution < 1.29 is 9.90 Å². The van der Waals surface area contributed by atoms with E-state index in [0.29, 0.717) is 11.5 Å². The molecule has 7 nitrogen and oxygen atoms in total. The van der Waals surface area contributed by atoms with Crippen LogP contribution in [-0.2, 0) is 4.79 Å². The number of aliphatic carboxylic acids is 1. The molecule has 2 rings (SSSR count). The smallest absolute Gasteiger partial charge is 0.313 e. The van der Waals surface area contributed by atoms with Gasteiger partial charge in [-0.2, -0.15) is 5.10 Å². The predicted octanol–water partition coefficient (Wildman–Crippen LogP) is -0.749. The number of rotatable bonds is 3. The topological polar surface area (TPSA) is 106 Å². The van der Waals surface area contributed by atoms with Gasteiger partial charge in [0.05, 0.1) is 24.3 Å². The molecular weight excluding hydrogens is 198 g/mol. The molecule has 0 radical (unpaired) electrons. The second kappa shape index (κ2) is 3.62. The van der Waals surface area contributed by atoms with Crippen LogP contribution in [0.25, 0.3) is 5.78 Å². The summed E-state index contributed by atoms with van der Waals surface area (Å²) < 4.78 is 1.38. The lowest BCUT2D eigenvalue weighted by Crippen LogP contribution is -2.23. The standard InChI is InChI=1S/C8H9N5O2/c9-3-5(7(14)15)6-4-11-8-10-1-2-12-13(6)8/h1-2,4-5H,3,9H2,(H,14,15). The molecule has 2 heterocycles. The van der Waals surface area contributed by atoms with Crippen molar-refractivity contribution in [3.05, 3.63) is 24.3 Å². The summed E-state index contributed by atoms with van der Waals surface area (Å²) in [5.74, 6) is -1.44. The third-order valence-electron chi connectivity index (χ3n) is 2.08. The first-order chi connectivity index (χ1) is 7.24. The number of fused-ring (bicyclic) bond motifs is 1. The second-order valence-electron chi connectivity index (χ2n) is 2.96. The van der Waals surface area contributed by atoms with E-state index in [9.17, 15) is 4.79 Å². The average molecular weight is 207 g/mol. The number of carboxylic acid groups (broad SMARTS) is 1. The third kappa shape index (κ3) is 1.52. The maximum absolute atomic E-state index is 10.9. The highest BCUT2D eigenvalue weighted by atomic mass is 16.4. The SMILES string of the molecule is NCC(C(=O)O)c1cnc2nccnn12. The van der Waals surface area contributed by atoms with Crippen LogP contribution >= 0.6 is 0 Å². The highest BCUT2D eigenvalue weighted by Gasteiger charge is 2.22. The van der Waals surface area contributed by atoms with Crippen molar-refractivity contribution in [1.29, 1.82) is 0 Å².